The van der Waals surface area contributed by atoms with Crippen LogP contribution >= 0.6 is 0 Å². The lowest BCUT2D eigenvalue weighted by molar-refractivity contribution is -0.118. The zero-order chi connectivity index (χ0) is 22.2. The lowest BCUT2D eigenvalue weighted by Crippen LogP contribution is -2.18. The molecule has 31 heavy (non-hydrogen) atoms. The third kappa shape index (κ3) is 6.02. The van der Waals surface area contributed by atoms with E-state index in [0.29, 0.717) is 28.3 Å². The van der Waals surface area contributed by atoms with Crippen LogP contribution in [0.5, 0.6) is 5.75 Å². The van der Waals surface area contributed by atoms with Crippen molar-refractivity contribution in [2.24, 2.45) is 5.92 Å². The first-order valence-electron chi connectivity index (χ1n) is 9.96. The molecular weight excluding hydrogens is 392 g/mol. The lowest BCUT2D eigenvalue weighted by atomic mass is 10.1. The molecule has 0 aliphatic heterocycles. The average Bonchev–Trinajstić information content (AvgIpc) is 2.78. The summed E-state index contributed by atoms with van der Waals surface area (Å²) in [6, 6.07) is 22.5. The van der Waals surface area contributed by atoms with E-state index in [-0.39, 0.29) is 30.1 Å². The van der Waals surface area contributed by atoms with Gasteiger partial charge in [0.15, 0.2) is 12.4 Å². The smallest absolute Gasteiger partial charge is 0.259 e. The summed E-state index contributed by atoms with van der Waals surface area (Å²) in [5.74, 6) is -0.453. The Morgan fingerprint density at radius 3 is 2.06 bits per heavy atom. The maximum Gasteiger partial charge on any atom is 0.259 e. The van der Waals surface area contributed by atoms with E-state index < -0.39 is 0 Å². The van der Waals surface area contributed by atoms with Crippen LogP contribution in [-0.2, 0) is 4.79 Å². The molecule has 158 valence electrons. The van der Waals surface area contributed by atoms with E-state index in [1.54, 1.807) is 60.7 Å². The minimum atomic E-state index is -0.320. The molecular formula is C25H24N2O4. The summed E-state index contributed by atoms with van der Waals surface area (Å²) in [7, 11) is 0. The number of ketones is 1. The zero-order valence-electron chi connectivity index (χ0n) is 17.4. The molecule has 0 atom stereocenters. The second-order valence-corrected chi connectivity index (χ2v) is 7.25. The van der Waals surface area contributed by atoms with Gasteiger partial charge in [-0.05, 0) is 48.5 Å². The third-order valence-electron chi connectivity index (χ3n) is 4.52. The Bertz CT molecular complexity index is 1060. The monoisotopic (exact) mass is 416 g/mol. The van der Waals surface area contributed by atoms with Crippen LogP contribution in [0.1, 0.15) is 34.6 Å². The van der Waals surface area contributed by atoms with Crippen molar-refractivity contribution in [1.29, 1.82) is 0 Å². The first kappa shape index (κ1) is 21.8. The van der Waals surface area contributed by atoms with Gasteiger partial charge in [-0.25, -0.2) is 0 Å². The van der Waals surface area contributed by atoms with Crippen LogP contribution in [0.25, 0.3) is 0 Å². The number of Topliss-reactive ketones (excluding diaryl/α,β-unsaturated/α-hetero) is 1. The fraction of sp³-hybridized carbons (Fsp3) is 0.160. The van der Waals surface area contributed by atoms with E-state index in [0.717, 1.165) is 0 Å². The molecule has 3 aromatic rings. The topological polar surface area (TPSA) is 84.5 Å². The van der Waals surface area contributed by atoms with Gasteiger partial charge in [-0.2, -0.15) is 0 Å². The summed E-state index contributed by atoms with van der Waals surface area (Å²) in [5.41, 5.74) is 2.08. The second kappa shape index (κ2) is 10.2. The minimum absolute atomic E-state index is 0.0900. The number of carbonyl (C=O) groups is 3. The van der Waals surface area contributed by atoms with Crippen molar-refractivity contribution in [3.8, 4) is 5.75 Å². The molecule has 0 aromatic heterocycles. The first-order chi connectivity index (χ1) is 14.9. The molecule has 0 bridgehead atoms. The molecule has 0 fully saturated rings. The Labute approximate surface area is 181 Å². The van der Waals surface area contributed by atoms with Crippen molar-refractivity contribution in [2.75, 3.05) is 17.2 Å². The zero-order valence-corrected chi connectivity index (χ0v) is 17.4. The van der Waals surface area contributed by atoms with Crippen molar-refractivity contribution in [3.05, 3.63) is 90.0 Å². The molecule has 6 nitrogen and oxygen atoms in total. The molecule has 0 aliphatic rings. The van der Waals surface area contributed by atoms with Crippen LogP contribution < -0.4 is 15.4 Å². The highest BCUT2D eigenvalue weighted by Gasteiger charge is 2.15. The molecule has 0 saturated heterocycles. The number of anilines is 2. The van der Waals surface area contributed by atoms with Gasteiger partial charge >= 0.3 is 0 Å². The second-order valence-electron chi connectivity index (χ2n) is 7.25. The maximum atomic E-state index is 12.6. The fourth-order valence-electron chi connectivity index (χ4n) is 2.75. The molecule has 0 aliphatic carbocycles. The van der Waals surface area contributed by atoms with Crippen LogP contribution in [-0.4, -0.2) is 24.2 Å². The van der Waals surface area contributed by atoms with E-state index in [1.165, 1.54) is 0 Å². The van der Waals surface area contributed by atoms with E-state index in [9.17, 15) is 14.4 Å². The maximum absolute atomic E-state index is 12.6. The molecule has 6 heteroatoms. The van der Waals surface area contributed by atoms with Gasteiger partial charge < -0.3 is 15.4 Å². The number of benzene rings is 3. The number of rotatable bonds is 8. The van der Waals surface area contributed by atoms with Crippen LogP contribution in [0, 0.1) is 5.92 Å². The highest BCUT2D eigenvalue weighted by Crippen LogP contribution is 2.20. The van der Waals surface area contributed by atoms with E-state index in [4.69, 9.17) is 4.74 Å². The summed E-state index contributed by atoms with van der Waals surface area (Å²) in [5, 5.41) is 5.59. The summed E-state index contributed by atoms with van der Waals surface area (Å²) < 4.78 is 5.66. The summed E-state index contributed by atoms with van der Waals surface area (Å²) in [4.78, 5) is 36.9. The minimum Gasteiger partial charge on any atom is -0.485 e. The van der Waals surface area contributed by atoms with Gasteiger partial charge in [0.25, 0.3) is 5.91 Å². The molecule has 3 aromatic carbocycles. The van der Waals surface area contributed by atoms with E-state index in [2.05, 4.69) is 10.6 Å². The summed E-state index contributed by atoms with van der Waals surface area (Å²) in [6.45, 7) is 3.40. The molecule has 0 heterocycles. The Morgan fingerprint density at radius 2 is 1.39 bits per heavy atom. The van der Waals surface area contributed by atoms with Gasteiger partial charge in [-0.3, -0.25) is 14.4 Å². The van der Waals surface area contributed by atoms with Gasteiger partial charge in [0.2, 0.25) is 5.91 Å². The van der Waals surface area contributed by atoms with Gasteiger partial charge in [0, 0.05) is 22.9 Å². The normalized spacial score (nSPS) is 10.4. The van der Waals surface area contributed by atoms with Crippen LogP contribution in [0.4, 0.5) is 11.4 Å². The molecule has 0 unspecified atom stereocenters. The highest BCUT2D eigenvalue weighted by molar-refractivity contribution is 6.06. The Kier molecular flexibility index (Phi) is 7.17. The number of amides is 2. The lowest BCUT2D eigenvalue weighted by Gasteiger charge is -2.12. The summed E-state index contributed by atoms with van der Waals surface area (Å²) >= 11 is 0. The molecule has 2 N–H and O–H groups in total. The van der Waals surface area contributed by atoms with Crippen LogP contribution in [0.2, 0.25) is 0 Å². The van der Waals surface area contributed by atoms with Crippen molar-refractivity contribution in [2.45, 2.75) is 13.8 Å². The number of hydrogen-bond acceptors (Lipinski definition) is 4. The van der Waals surface area contributed by atoms with E-state index in [1.807, 2.05) is 32.0 Å². The number of carbonyl (C=O) groups excluding carboxylic acids is 3. The molecule has 3 rings (SSSR count). The number of nitrogens with one attached hydrogen (secondary N) is 2. The Balaban J connectivity index is 1.63. The predicted octanol–water partition coefficient (Wildman–Crippen LogP) is 4.80. The quantitative estimate of drug-likeness (QED) is 0.517. The summed E-state index contributed by atoms with van der Waals surface area (Å²) in [6.07, 6.45) is 0. The van der Waals surface area contributed by atoms with Crippen molar-refractivity contribution >= 4 is 29.0 Å². The highest BCUT2D eigenvalue weighted by atomic mass is 16.5. The molecule has 0 saturated carbocycles. The predicted molar refractivity (Wildman–Crippen MR) is 121 cm³/mol. The molecule has 2 amide bonds. The third-order valence-corrected chi connectivity index (χ3v) is 4.52. The van der Waals surface area contributed by atoms with E-state index >= 15 is 0 Å². The Morgan fingerprint density at radius 1 is 0.774 bits per heavy atom. The number of para-hydroxylation sites is 2. The van der Waals surface area contributed by atoms with Crippen molar-refractivity contribution in [3.63, 3.8) is 0 Å². The van der Waals surface area contributed by atoms with Gasteiger partial charge in [-0.1, -0.05) is 44.2 Å². The largest absolute Gasteiger partial charge is 0.485 e. The van der Waals surface area contributed by atoms with Gasteiger partial charge in [-0.15, -0.1) is 0 Å². The standard InChI is InChI=1S/C25H24N2O4/c1-17(2)24(29)26-20-14-12-18(13-15-20)22(28)16-31-23-11-7-6-10-21(23)25(30)27-19-8-4-3-5-9-19/h3-15,17H,16H2,1-2H3,(H,26,29)(H,27,30). The average molecular weight is 416 g/mol. The van der Waals surface area contributed by atoms with Crippen LogP contribution in [0.15, 0.2) is 78.9 Å². The van der Waals surface area contributed by atoms with Crippen molar-refractivity contribution < 1.29 is 19.1 Å². The van der Waals surface area contributed by atoms with Gasteiger partial charge in [0.05, 0.1) is 5.56 Å². The fourth-order valence-corrected chi connectivity index (χ4v) is 2.75. The van der Waals surface area contributed by atoms with Gasteiger partial charge in [0.1, 0.15) is 5.75 Å². The first-order valence-corrected chi connectivity index (χ1v) is 9.96. The SMILES string of the molecule is CC(C)C(=O)Nc1ccc(C(=O)COc2ccccc2C(=O)Nc2ccccc2)cc1. The number of hydrogen-bond donors (Lipinski definition) is 2. The molecule has 0 radical (unpaired) electrons. The van der Waals surface area contributed by atoms with Crippen LogP contribution in [0.3, 0.4) is 0 Å². The molecule has 0 spiro atoms. The Hall–Kier alpha value is -3.93. The van der Waals surface area contributed by atoms with Crippen molar-refractivity contribution in [1.82, 2.24) is 0 Å². The number of ether oxygens (including phenoxy) is 1.